The fraction of sp³-hybridized carbons (Fsp3) is 0.0769. The van der Waals surface area contributed by atoms with E-state index in [1.54, 1.807) is 0 Å². The van der Waals surface area contributed by atoms with Gasteiger partial charge < -0.3 is 21.7 Å². The zero-order chi connectivity index (χ0) is 15.1. The number of phenolic OH excluding ortho intramolecular Hbond substituents is 2. The Hall–Kier alpha value is -2.57. The molecule has 2 rings (SSSR count). The lowest BCUT2D eigenvalue weighted by atomic mass is 10.00. The SMILES string of the molecule is Nc1ccc(-c2cc(O)c(N)c(C(F)(F)F)c2)cc1O. The first-order valence-electron chi connectivity index (χ1n) is 5.48. The van der Waals surface area contributed by atoms with E-state index in [0.717, 1.165) is 12.1 Å². The van der Waals surface area contributed by atoms with Gasteiger partial charge in [-0.15, -0.1) is 0 Å². The van der Waals surface area contributed by atoms with E-state index >= 15 is 0 Å². The van der Waals surface area contributed by atoms with Crippen LogP contribution in [-0.2, 0) is 6.18 Å². The van der Waals surface area contributed by atoms with Crippen LogP contribution in [0.1, 0.15) is 5.56 Å². The minimum atomic E-state index is -4.69. The number of anilines is 2. The predicted octanol–water partition coefficient (Wildman–Crippen LogP) is 2.95. The molecule has 0 saturated carbocycles. The summed E-state index contributed by atoms with van der Waals surface area (Å²) in [6.07, 6.45) is -4.69. The summed E-state index contributed by atoms with van der Waals surface area (Å²) in [4.78, 5) is 0. The molecule has 4 nitrogen and oxygen atoms in total. The van der Waals surface area contributed by atoms with E-state index in [1.807, 2.05) is 0 Å². The number of rotatable bonds is 1. The van der Waals surface area contributed by atoms with Crippen molar-refractivity contribution in [3.63, 3.8) is 0 Å². The molecule has 2 aromatic rings. The molecule has 0 aliphatic carbocycles. The Morgan fingerprint density at radius 1 is 0.850 bits per heavy atom. The standard InChI is InChI=1S/C13H11F3N2O2/c14-13(15,16)8-3-7(5-11(20)12(8)18)6-1-2-9(17)10(19)4-6/h1-5,19-20H,17-18H2. The number of halogens is 3. The number of hydrogen-bond donors (Lipinski definition) is 4. The summed E-state index contributed by atoms with van der Waals surface area (Å²) in [7, 11) is 0. The average Bonchev–Trinajstić information content (AvgIpc) is 2.34. The molecule has 0 aromatic heterocycles. The molecule has 0 heterocycles. The highest BCUT2D eigenvalue weighted by Crippen LogP contribution is 2.41. The molecule has 0 spiro atoms. The van der Waals surface area contributed by atoms with Crippen LogP contribution in [0.4, 0.5) is 24.5 Å². The minimum Gasteiger partial charge on any atom is -0.506 e. The summed E-state index contributed by atoms with van der Waals surface area (Å²) in [6.45, 7) is 0. The van der Waals surface area contributed by atoms with Crippen molar-refractivity contribution in [1.82, 2.24) is 0 Å². The van der Waals surface area contributed by atoms with Gasteiger partial charge in [-0.25, -0.2) is 0 Å². The van der Waals surface area contributed by atoms with Gasteiger partial charge in [0.15, 0.2) is 0 Å². The zero-order valence-corrected chi connectivity index (χ0v) is 10.1. The monoisotopic (exact) mass is 284 g/mol. The molecular formula is C13H11F3N2O2. The van der Waals surface area contributed by atoms with E-state index in [2.05, 4.69) is 0 Å². The van der Waals surface area contributed by atoms with Crippen LogP contribution in [0.5, 0.6) is 11.5 Å². The van der Waals surface area contributed by atoms with Crippen molar-refractivity contribution in [2.75, 3.05) is 11.5 Å². The van der Waals surface area contributed by atoms with Crippen LogP contribution in [0.15, 0.2) is 30.3 Å². The second-order valence-corrected chi connectivity index (χ2v) is 4.23. The number of benzene rings is 2. The van der Waals surface area contributed by atoms with Crippen LogP contribution < -0.4 is 11.5 Å². The molecular weight excluding hydrogens is 273 g/mol. The van der Waals surface area contributed by atoms with Crippen molar-refractivity contribution in [2.24, 2.45) is 0 Å². The van der Waals surface area contributed by atoms with Crippen molar-refractivity contribution < 1.29 is 23.4 Å². The van der Waals surface area contributed by atoms with Crippen LogP contribution in [0.2, 0.25) is 0 Å². The van der Waals surface area contributed by atoms with Gasteiger partial charge >= 0.3 is 6.18 Å². The van der Waals surface area contributed by atoms with Gasteiger partial charge in [0.05, 0.1) is 16.9 Å². The minimum absolute atomic E-state index is 0.0688. The van der Waals surface area contributed by atoms with Gasteiger partial charge in [-0.05, 0) is 35.4 Å². The third-order valence-corrected chi connectivity index (χ3v) is 2.83. The molecule has 0 unspecified atom stereocenters. The summed E-state index contributed by atoms with van der Waals surface area (Å²) in [5.41, 5.74) is 9.23. The summed E-state index contributed by atoms with van der Waals surface area (Å²) in [5.74, 6) is -0.932. The van der Waals surface area contributed by atoms with Crippen molar-refractivity contribution in [3.8, 4) is 22.6 Å². The maximum absolute atomic E-state index is 12.8. The van der Waals surface area contributed by atoms with Gasteiger partial charge in [-0.3, -0.25) is 0 Å². The highest BCUT2D eigenvalue weighted by molar-refractivity contribution is 5.75. The number of phenols is 2. The molecule has 0 atom stereocenters. The van der Waals surface area contributed by atoms with Gasteiger partial charge in [0.2, 0.25) is 0 Å². The lowest BCUT2D eigenvalue weighted by Gasteiger charge is -2.14. The molecule has 0 radical (unpaired) electrons. The molecule has 6 N–H and O–H groups in total. The second kappa shape index (κ2) is 4.52. The fourth-order valence-corrected chi connectivity index (χ4v) is 1.76. The second-order valence-electron chi connectivity index (χ2n) is 4.23. The van der Waals surface area contributed by atoms with Gasteiger partial charge in [0.25, 0.3) is 0 Å². The van der Waals surface area contributed by atoms with Crippen LogP contribution in [0, 0.1) is 0 Å². The summed E-state index contributed by atoms with van der Waals surface area (Å²) in [5, 5.41) is 19.0. The molecule has 0 bridgehead atoms. The number of nitrogens with two attached hydrogens (primary N) is 2. The van der Waals surface area contributed by atoms with Gasteiger partial charge in [-0.2, -0.15) is 13.2 Å². The van der Waals surface area contributed by atoms with Crippen LogP contribution >= 0.6 is 0 Å². The average molecular weight is 284 g/mol. The normalized spacial score (nSPS) is 11.6. The first-order chi connectivity index (χ1) is 9.20. The Bertz CT molecular complexity index is 669. The Kier molecular flexibility index (Phi) is 3.13. The molecule has 0 aliphatic rings. The lowest BCUT2D eigenvalue weighted by molar-refractivity contribution is -0.137. The predicted molar refractivity (Wildman–Crippen MR) is 69.0 cm³/mol. The van der Waals surface area contributed by atoms with E-state index in [1.165, 1.54) is 18.2 Å². The first kappa shape index (κ1) is 13.9. The van der Waals surface area contributed by atoms with Crippen LogP contribution in [0.3, 0.4) is 0 Å². The van der Waals surface area contributed by atoms with Gasteiger partial charge in [0, 0.05) is 0 Å². The molecule has 0 saturated heterocycles. The Labute approximate surface area is 112 Å². The zero-order valence-electron chi connectivity index (χ0n) is 10.1. The third-order valence-electron chi connectivity index (χ3n) is 2.83. The van der Waals surface area contributed by atoms with Crippen molar-refractivity contribution in [1.29, 1.82) is 0 Å². The molecule has 7 heteroatoms. The smallest absolute Gasteiger partial charge is 0.418 e. The Morgan fingerprint density at radius 3 is 2.00 bits per heavy atom. The Morgan fingerprint density at radius 2 is 1.45 bits per heavy atom. The van der Waals surface area contributed by atoms with Gasteiger partial charge in [0.1, 0.15) is 11.5 Å². The summed E-state index contributed by atoms with van der Waals surface area (Å²) < 4.78 is 38.4. The largest absolute Gasteiger partial charge is 0.506 e. The van der Waals surface area contributed by atoms with E-state index < -0.39 is 23.2 Å². The maximum Gasteiger partial charge on any atom is 0.418 e. The van der Waals surface area contributed by atoms with Crippen molar-refractivity contribution >= 4 is 11.4 Å². The molecule has 20 heavy (non-hydrogen) atoms. The van der Waals surface area contributed by atoms with Gasteiger partial charge in [-0.1, -0.05) is 6.07 Å². The van der Waals surface area contributed by atoms with Crippen LogP contribution in [-0.4, -0.2) is 10.2 Å². The molecule has 0 amide bonds. The van der Waals surface area contributed by atoms with E-state index in [4.69, 9.17) is 11.5 Å². The Balaban J connectivity index is 2.63. The number of hydrogen-bond acceptors (Lipinski definition) is 4. The highest BCUT2D eigenvalue weighted by Gasteiger charge is 2.34. The summed E-state index contributed by atoms with van der Waals surface area (Å²) >= 11 is 0. The van der Waals surface area contributed by atoms with Crippen molar-refractivity contribution in [2.45, 2.75) is 6.18 Å². The fourth-order valence-electron chi connectivity index (χ4n) is 1.76. The van der Waals surface area contributed by atoms with Crippen LogP contribution in [0.25, 0.3) is 11.1 Å². The van der Waals surface area contributed by atoms with E-state index in [9.17, 15) is 23.4 Å². The lowest BCUT2D eigenvalue weighted by Crippen LogP contribution is -2.09. The molecule has 106 valence electrons. The first-order valence-corrected chi connectivity index (χ1v) is 5.48. The quantitative estimate of drug-likeness (QED) is 0.478. The van der Waals surface area contributed by atoms with E-state index in [-0.39, 0.29) is 22.6 Å². The molecule has 0 fully saturated rings. The van der Waals surface area contributed by atoms with Crippen molar-refractivity contribution in [3.05, 3.63) is 35.9 Å². The maximum atomic E-state index is 12.8. The number of nitrogen functional groups attached to an aromatic ring is 2. The summed E-state index contributed by atoms with van der Waals surface area (Å²) in [6, 6.07) is 5.89. The topological polar surface area (TPSA) is 92.5 Å². The van der Waals surface area contributed by atoms with E-state index in [0.29, 0.717) is 0 Å². The third kappa shape index (κ3) is 2.42. The molecule has 2 aromatic carbocycles. The highest BCUT2D eigenvalue weighted by atomic mass is 19.4. The number of alkyl halides is 3. The molecule has 0 aliphatic heterocycles. The number of aromatic hydroxyl groups is 2.